The highest BCUT2D eigenvalue weighted by Gasteiger charge is 2.12. The van der Waals surface area contributed by atoms with Gasteiger partial charge in [-0.15, -0.1) is 0 Å². The molecule has 4 heteroatoms. The second-order valence-corrected chi connectivity index (χ2v) is 5.02. The third-order valence-corrected chi connectivity index (χ3v) is 3.37. The van der Waals surface area contributed by atoms with Gasteiger partial charge in [0, 0.05) is 19.7 Å². The Balaban J connectivity index is 1.63. The van der Waals surface area contributed by atoms with E-state index in [1.807, 2.05) is 31.2 Å². The largest absolute Gasteiger partial charge is 0.490 e. The lowest BCUT2D eigenvalue weighted by Gasteiger charge is -2.22. The van der Waals surface area contributed by atoms with Gasteiger partial charge in [-0.3, -0.25) is 0 Å². The molecule has 1 saturated heterocycles. The van der Waals surface area contributed by atoms with Gasteiger partial charge in [-0.1, -0.05) is 12.1 Å². The van der Waals surface area contributed by atoms with Gasteiger partial charge in [-0.05, 0) is 37.8 Å². The fourth-order valence-electron chi connectivity index (χ4n) is 2.35. The number of para-hydroxylation sites is 2. The topological polar surface area (TPSA) is 39.7 Å². The van der Waals surface area contributed by atoms with Crippen LogP contribution in [0.3, 0.4) is 0 Å². The van der Waals surface area contributed by atoms with E-state index in [0.717, 1.165) is 37.8 Å². The maximum atomic E-state index is 5.76. The third kappa shape index (κ3) is 5.02. The summed E-state index contributed by atoms with van der Waals surface area (Å²) in [7, 11) is 0. The number of benzene rings is 1. The van der Waals surface area contributed by atoms with Crippen molar-refractivity contribution in [2.75, 3.05) is 39.5 Å². The number of ether oxygens (including phenoxy) is 3. The zero-order chi connectivity index (χ0) is 14.0. The molecule has 20 heavy (non-hydrogen) atoms. The molecule has 1 N–H and O–H groups in total. The molecule has 1 atom stereocenters. The fraction of sp³-hybridized carbons (Fsp3) is 0.625. The summed E-state index contributed by atoms with van der Waals surface area (Å²) in [4.78, 5) is 0. The van der Waals surface area contributed by atoms with Crippen LogP contribution >= 0.6 is 0 Å². The Morgan fingerprint density at radius 1 is 1.25 bits per heavy atom. The van der Waals surface area contributed by atoms with E-state index >= 15 is 0 Å². The smallest absolute Gasteiger partial charge is 0.161 e. The predicted molar refractivity (Wildman–Crippen MR) is 79.5 cm³/mol. The third-order valence-electron chi connectivity index (χ3n) is 3.37. The molecule has 4 nitrogen and oxygen atoms in total. The van der Waals surface area contributed by atoms with Gasteiger partial charge >= 0.3 is 0 Å². The first-order valence-corrected chi connectivity index (χ1v) is 7.53. The predicted octanol–water partition coefficient (Wildman–Crippen LogP) is 2.48. The number of hydrogen-bond acceptors (Lipinski definition) is 4. The van der Waals surface area contributed by atoms with E-state index in [1.165, 1.54) is 12.8 Å². The Morgan fingerprint density at radius 3 is 2.75 bits per heavy atom. The molecular weight excluding hydrogens is 254 g/mol. The molecule has 0 amide bonds. The van der Waals surface area contributed by atoms with E-state index in [9.17, 15) is 0 Å². The Morgan fingerprint density at radius 2 is 2.05 bits per heavy atom. The minimum Gasteiger partial charge on any atom is -0.490 e. The summed E-state index contributed by atoms with van der Waals surface area (Å²) in [5, 5.41) is 3.43. The Kier molecular flexibility index (Phi) is 6.68. The average Bonchev–Trinajstić information content (AvgIpc) is 2.50. The number of nitrogens with one attached hydrogen (secondary N) is 1. The summed E-state index contributed by atoms with van der Waals surface area (Å²) < 4.78 is 16.8. The fourth-order valence-corrected chi connectivity index (χ4v) is 2.35. The monoisotopic (exact) mass is 279 g/mol. The minimum atomic E-state index is 0.650. The van der Waals surface area contributed by atoms with Gasteiger partial charge in [0.25, 0.3) is 0 Å². The van der Waals surface area contributed by atoms with Crippen LogP contribution in [0.1, 0.15) is 19.8 Å². The van der Waals surface area contributed by atoms with E-state index in [4.69, 9.17) is 14.2 Å². The molecule has 0 radical (unpaired) electrons. The highest BCUT2D eigenvalue weighted by Crippen LogP contribution is 2.26. The number of rotatable bonds is 8. The Hall–Kier alpha value is -1.26. The van der Waals surface area contributed by atoms with Gasteiger partial charge in [0.15, 0.2) is 11.5 Å². The lowest BCUT2D eigenvalue weighted by atomic mass is 10.0. The Labute approximate surface area is 121 Å². The first kappa shape index (κ1) is 15.1. The SMILES string of the molecule is CCOc1ccccc1OCCNCC1CCCOC1. The van der Waals surface area contributed by atoms with Crippen molar-refractivity contribution in [1.29, 1.82) is 0 Å². The molecule has 0 spiro atoms. The maximum absolute atomic E-state index is 5.76. The summed E-state index contributed by atoms with van der Waals surface area (Å²) in [5.74, 6) is 2.28. The summed E-state index contributed by atoms with van der Waals surface area (Å²) in [6.07, 6.45) is 2.45. The van der Waals surface area contributed by atoms with Crippen LogP contribution < -0.4 is 14.8 Å². The number of hydrogen-bond donors (Lipinski definition) is 1. The van der Waals surface area contributed by atoms with E-state index in [1.54, 1.807) is 0 Å². The Bertz CT molecular complexity index is 378. The van der Waals surface area contributed by atoms with Crippen molar-refractivity contribution in [3.8, 4) is 11.5 Å². The van der Waals surface area contributed by atoms with Crippen LogP contribution in [0.4, 0.5) is 0 Å². The van der Waals surface area contributed by atoms with Crippen molar-refractivity contribution in [3.63, 3.8) is 0 Å². The molecule has 1 aliphatic rings. The summed E-state index contributed by atoms with van der Waals surface area (Å²) in [6.45, 7) is 6.95. The van der Waals surface area contributed by atoms with Crippen molar-refractivity contribution in [1.82, 2.24) is 5.32 Å². The molecule has 2 rings (SSSR count). The zero-order valence-corrected chi connectivity index (χ0v) is 12.3. The lowest BCUT2D eigenvalue weighted by molar-refractivity contribution is 0.0546. The van der Waals surface area contributed by atoms with E-state index in [-0.39, 0.29) is 0 Å². The first-order chi connectivity index (χ1) is 9.90. The normalized spacial score (nSPS) is 18.8. The van der Waals surface area contributed by atoms with Gasteiger partial charge in [-0.2, -0.15) is 0 Å². The molecule has 0 aromatic heterocycles. The molecule has 0 bridgehead atoms. The van der Waals surface area contributed by atoms with E-state index in [0.29, 0.717) is 19.1 Å². The molecule has 0 saturated carbocycles. The van der Waals surface area contributed by atoms with Gasteiger partial charge in [0.05, 0.1) is 13.2 Å². The van der Waals surface area contributed by atoms with Crippen LogP contribution in [-0.4, -0.2) is 39.5 Å². The lowest BCUT2D eigenvalue weighted by Crippen LogP contribution is -2.31. The summed E-state index contributed by atoms with van der Waals surface area (Å²) in [5.41, 5.74) is 0. The standard InChI is InChI=1S/C16H25NO3/c1-2-19-15-7-3-4-8-16(15)20-11-9-17-12-14-6-5-10-18-13-14/h3-4,7-8,14,17H,2,5-6,9-13H2,1H3. The van der Waals surface area contributed by atoms with Gasteiger partial charge in [0.1, 0.15) is 6.61 Å². The molecular formula is C16H25NO3. The van der Waals surface area contributed by atoms with E-state index in [2.05, 4.69) is 5.32 Å². The molecule has 1 fully saturated rings. The first-order valence-electron chi connectivity index (χ1n) is 7.53. The van der Waals surface area contributed by atoms with Crippen LogP contribution in [0.25, 0.3) is 0 Å². The summed E-state index contributed by atoms with van der Waals surface area (Å²) in [6, 6.07) is 7.80. The summed E-state index contributed by atoms with van der Waals surface area (Å²) >= 11 is 0. The van der Waals surface area contributed by atoms with Crippen LogP contribution in [0.5, 0.6) is 11.5 Å². The van der Waals surface area contributed by atoms with Gasteiger partial charge in [0.2, 0.25) is 0 Å². The van der Waals surface area contributed by atoms with Gasteiger partial charge in [-0.25, -0.2) is 0 Å². The van der Waals surface area contributed by atoms with Gasteiger partial charge < -0.3 is 19.5 Å². The highest BCUT2D eigenvalue weighted by molar-refractivity contribution is 5.39. The minimum absolute atomic E-state index is 0.650. The second kappa shape index (κ2) is 8.82. The van der Waals surface area contributed by atoms with Crippen molar-refractivity contribution in [2.24, 2.45) is 5.92 Å². The molecule has 0 aliphatic carbocycles. The van der Waals surface area contributed by atoms with Crippen molar-refractivity contribution >= 4 is 0 Å². The highest BCUT2D eigenvalue weighted by atomic mass is 16.5. The quantitative estimate of drug-likeness (QED) is 0.742. The maximum Gasteiger partial charge on any atom is 0.161 e. The van der Waals surface area contributed by atoms with Crippen molar-refractivity contribution in [3.05, 3.63) is 24.3 Å². The molecule has 1 aliphatic heterocycles. The van der Waals surface area contributed by atoms with Crippen LogP contribution in [0, 0.1) is 5.92 Å². The molecule has 1 unspecified atom stereocenters. The van der Waals surface area contributed by atoms with E-state index < -0.39 is 0 Å². The molecule has 112 valence electrons. The average molecular weight is 279 g/mol. The van der Waals surface area contributed by atoms with Crippen LogP contribution in [-0.2, 0) is 4.74 Å². The zero-order valence-electron chi connectivity index (χ0n) is 12.3. The van der Waals surface area contributed by atoms with Crippen molar-refractivity contribution < 1.29 is 14.2 Å². The van der Waals surface area contributed by atoms with Crippen molar-refractivity contribution in [2.45, 2.75) is 19.8 Å². The second-order valence-electron chi connectivity index (χ2n) is 5.02. The molecule has 1 heterocycles. The molecule has 1 aromatic carbocycles. The van der Waals surface area contributed by atoms with Crippen LogP contribution in [0.2, 0.25) is 0 Å². The van der Waals surface area contributed by atoms with Crippen LogP contribution in [0.15, 0.2) is 24.3 Å². The molecule has 1 aromatic rings.